The Morgan fingerprint density at radius 2 is 1.91 bits per heavy atom. The van der Waals surface area contributed by atoms with Crippen LogP contribution in [0.3, 0.4) is 0 Å². The van der Waals surface area contributed by atoms with Gasteiger partial charge in [-0.2, -0.15) is 0 Å². The van der Waals surface area contributed by atoms with Gasteiger partial charge in [0.25, 0.3) is 0 Å². The molecule has 1 rings (SSSR count). The van der Waals surface area contributed by atoms with Crippen molar-refractivity contribution < 1.29 is 14.3 Å². The third-order valence-corrected chi connectivity index (χ3v) is 4.80. The fourth-order valence-electron chi connectivity index (χ4n) is 2.04. The summed E-state index contributed by atoms with van der Waals surface area (Å²) in [5.74, 6) is 1.25. The Bertz CT molecular complexity index is 360. The summed E-state index contributed by atoms with van der Waals surface area (Å²) in [5, 5.41) is 0. The molecule has 2 N–H and O–H groups in total. The molecule has 2 amide bonds. The molecule has 1 unspecified atom stereocenters. The molecule has 128 valence electrons. The number of carbonyl (C=O) groups is 2. The average Bonchev–Trinajstić information content (AvgIpc) is 2.52. The van der Waals surface area contributed by atoms with Crippen molar-refractivity contribution in [2.24, 2.45) is 11.7 Å². The molecule has 0 aromatic carbocycles. The Hall–Kier alpha value is -0.790. The largest absolute Gasteiger partial charge is 0.378 e. The highest BCUT2D eigenvalue weighted by molar-refractivity contribution is 8.00. The summed E-state index contributed by atoms with van der Waals surface area (Å²) < 4.78 is 5.22. The summed E-state index contributed by atoms with van der Waals surface area (Å²) in [6, 6.07) is 0.116. The zero-order valence-electron chi connectivity index (χ0n) is 13.9. The molecule has 1 aliphatic rings. The first-order valence-electron chi connectivity index (χ1n) is 7.84. The fourth-order valence-corrected chi connectivity index (χ4v) is 2.89. The summed E-state index contributed by atoms with van der Waals surface area (Å²) in [4.78, 5) is 27.5. The van der Waals surface area contributed by atoms with Gasteiger partial charge in [-0.25, -0.2) is 0 Å². The van der Waals surface area contributed by atoms with Crippen LogP contribution in [0.2, 0.25) is 0 Å². The first kappa shape index (κ1) is 19.3. The molecule has 22 heavy (non-hydrogen) atoms. The van der Waals surface area contributed by atoms with Crippen molar-refractivity contribution >= 4 is 23.6 Å². The Morgan fingerprint density at radius 3 is 2.50 bits per heavy atom. The third kappa shape index (κ3) is 6.98. The van der Waals surface area contributed by atoms with E-state index in [0.717, 1.165) is 6.42 Å². The predicted octanol–water partition coefficient (Wildman–Crippen LogP) is 0.410. The molecule has 0 saturated carbocycles. The molecule has 1 aliphatic heterocycles. The van der Waals surface area contributed by atoms with Gasteiger partial charge >= 0.3 is 0 Å². The van der Waals surface area contributed by atoms with Crippen LogP contribution in [0.4, 0.5) is 0 Å². The molecule has 1 saturated heterocycles. The van der Waals surface area contributed by atoms with Crippen LogP contribution in [0, 0.1) is 5.92 Å². The SMILES string of the molecule is CC(C)C(N)CCN(C)C(=O)CSCC(=O)N1CCOCC1. The number of ether oxygens (including phenoxy) is 1. The van der Waals surface area contributed by atoms with Crippen molar-refractivity contribution in [2.45, 2.75) is 26.3 Å². The number of morpholine rings is 1. The summed E-state index contributed by atoms with van der Waals surface area (Å²) >= 11 is 1.38. The van der Waals surface area contributed by atoms with Crippen LogP contribution in [0.1, 0.15) is 20.3 Å². The van der Waals surface area contributed by atoms with Crippen molar-refractivity contribution in [3.05, 3.63) is 0 Å². The van der Waals surface area contributed by atoms with E-state index in [-0.39, 0.29) is 17.9 Å². The summed E-state index contributed by atoms with van der Waals surface area (Å²) in [6.07, 6.45) is 0.803. The van der Waals surface area contributed by atoms with E-state index in [9.17, 15) is 9.59 Å². The number of amides is 2. The van der Waals surface area contributed by atoms with E-state index in [1.54, 1.807) is 16.8 Å². The van der Waals surface area contributed by atoms with Crippen LogP contribution in [0.5, 0.6) is 0 Å². The standard InChI is InChI=1S/C15H29N3O3S/c1-12(2)13(16)4-5-17(3)14(19)10-22-11-15(20)18-6-8-21-9-7-18/h12-13H,4-11,16H2,1-3H3. The highest BCUT2D eigenvalue weighted by Crippen LogP contribution is 2.08. The predicted molar refractivity (Wildman–Crippen MR) is 89.8 cm³/mol. The molecule has 1 atom stereocenters. The monoisotopic (exact) mass is 331 g/mol. The lowest BCUT2D eigenvalue weighted by molar-refractivity contribution is -0.132. The van der Waals surface area contributed by atoms with Gasteiger partial charge in [-0.1, -0.05) is 13.8 Å². The highest BCUT2D eigenvalue weighted by Gasteiger charge is 2.18. The number of hydrogen-bond donors (Lipinski definition) is 1. The Morgan fingerprint density at radius 1 is 1.27 bits per heavy atom. The Kier molecular flexibility index (Phi) is 8.82. The van der Waals surface area contributed by atoms with E-state index in [4.69, 9.17) is 10.5 Å². The number of rotatable bonds is 8. The molecule has 0 aromatic heterocycles. The van der Waals surface area contributed by atoms with Gasteiger partial charge in [-0.3, -0.25) is 9.59 Å². The maximum absolute atomic E-state index is 12.0. The molecular formula is C15H29N3O3S. The van der Waals surface area contributed by atoms with Crippen LogP contribution in [0.25, 0.3) is 0 Å². The topological polar surface area (TPSA) is 75.9 Å². The minimum absolute atomic E-state index is 0.0516. The number of nitrogens with two attached hydrogens (primary N) is 1. The zero-order chi connectivity index (χ0) is 16.5. The van der Waals surface area contributed by atoms with Crippen molar-refractivity contribution in [1.29, 1.82) is 0 Å². The Balaban J connectivity index is 2.17. The van der Waals surface area contributed by atoms with Crippen molar-refractivity contribution in [3.63, 3.8) is 0 Å². The minimum Gasteiger partial charge on any atom is -0.378 e. The lowest BCUT2D eigenvalue weighted by Gasteiger charge is -2.26. The van der Waals surface area contributed by atoms with Crippen LogP contribution in [0.15, 0.2) is 0 Å². The summed E-state index contributed by atoms with van der Waals surface area (Å²) in [7, 11) is 1.79. The first-order chi connectivity index (χ1) is 10.4. The van der Waals surface area contributed by atoms with Crippen LogP contribution in [-0.4, -0.2) is 79.1 Å². The number of thioether (sulfide) groups is 1. The minimum atomic E-state index is 0.0516. The number of nitrogens with zero attached hydrogens (tertiary/aromatic N) is 2. The van der Waals surface area contributed by atoms with Gasteiger partial charge < -0.3 is 20.3 Å². The fraction of sp³-hybridized carbons (Fsp3) is 0.867. The second-order valence-electron chi connectivity index (χ2n) is 6.00. The summed E-state index contributed by atoms with van der Waals surface area (Å²) in [5.41, 5.74) is 5.98. The summed E-state index contributed by atoms with van der Waals surface area (Å²) in [6.45, 7) is 7.35. The van der Waals surface area contributed by atoms with Crippen LogP contribution in [-0.2, 0) is 14.3 Å². The average molecular weight is 331 g/mol. The van der Waals surface area contributed by atoms with Crippen LogP contribution < -0.4 is 5.73 Å². The molecule has 0 radical (unpaired) electrons. The second-order valence-corrected chi connectivity index (χ2v) is 6.98. The van der Waals surface area contributed by atoms with Crippen molar-refractivity contribution in [2.75, 3.05) is 51.4 Å². The molecular weight excluding hydrogens is 302 g/mol. The van der Waals surface area contributed by atoms with Crippen molar-refractivity contribution in [3.8, 4) is 0 Å². The normalized spacial score (nSPS) is 16.7. The number of carbonyl (C=O) groups excluding carboxylic acids is 2. The van der Waals surface area contributed by atoms with Gasteiger partial charge in [0.1, 0.15) is 0 Å². The molecule has 1 fully saturated rings. The third-order valence-electron chi connectivity index (χ3n) is 3.89. The van der Waals surface area contributed by atoms with Gasteiger partial charge in [0.05, 0.1) is 24.7 Å². The van der Waals surface area contributed by atoms with E-state index in [0.29, 0.717) is 50.3 Å². The molecule has 0 aliphatic carbocycles. The molecule has 1 heterocycles. The molecule has 0 spiro atoms. The van der Waals surface area contributed by atoms with Gasteiger partial charge in [0, 0.05) is 32.7 Å². The van der Waals surface area contributed by atoms with Crippen LogP contribution >= 0.6 is 11.8 Å². The molecule has 6 nitrogen and oxygen atoms in total. The second kappa shape index (κ2) is 10.1. The van der Waals surface area contributed by atoms with E-state index in [1.807, 2.05) is 0 Å². The lowest BCUT2D eigenvalue weighted by atomic mass is 10.0. The highest BCUT2D eigenvalue weighted by atomic mass is 32.2. The smallest absolute Gasteiger partial charge is 0.232 e. The van der Waals surface area contributed by atoms with E-state index in [2.05, 4.69) is 13.8 Å². The van der Waals surface area contributed by atoms with E-state index >= 15 is 0 Å². The van der Waals surface area contributed by atoms with Gasteiger partial charge in [0.2, 0.25) is 11.8 Å². The van der Waals surface area contributed by atoms with Crippen molar-refractivity contribution in [1.82, 2.24) is 9.80 Å². The van der Waals surface area contributed by atoms with Gasteiger partial charge in [-0.05, 0) is 12.3 Å². The maximum Gasteiger partial charge on any atom is 0.232 e. The van der Waals surface area contributed by atoms with E-state index < -0.39 is 0 Å². The molecule has 0 aromatic rings. The Labute approximate surface area is 137 Å². The van der Waals surface area contributed by atoms with Gasteiger partial charge in [0.15, 0.2) is 0 Å². The van der Waals surface area contributed by atoms with Gasteiger partial charge in [-0.15, -0.1) is 11.8 Å². The number of hydrogen-bond acceptors (Lipinski definition) is 5. The van der Waals surface area contributed by atoms with E-state index in [1.165, 1.54) is 11.8 Å². The molecule has 0 bridgehead atoms. The molecule has 7 heteroatoms. The first-order valence-corrected chi connectivity index (χ1v) is 9.00. The lowest BCUT2D eigenvalue weighted by Crippen LogP contribution is -2.41. The maximum atomic E-state index is 12.0. The zero-order valence-corrected chi connectivity index (χ0v) is 14.7. The quantitative estimate of drug-likeness (QED) is 0.697.